The lowest BCUT2D eigenvalue weighted by atomic mass is 9.90. The summed E-state index contributed by atoms with van der Waals surface area (Å²) in [5.41, 5.74) is -1.67. The van der Waals surface area contributed by atoms with Crippen LogP contribution in [0.4, 0.5) is 4.79 Å². The van der Waals surface area contributed by atoms with Crippen molar-refractivity contribution in [1.82, 2.24) is 4.90 Å². The number of amides is 1. The first-order valence-electron chi connectivity index (χ1n) is 6.94. The highest BCUT2D eigenvalue weighted by Gasteiger charge is 2.42. The summed E-state index contributed by atoms with van der Waals surface area (Å²) in [6.07, 6.45) is 0.205. The van der Waals surface area contributed by atoms with E-state index in [2.05, 4.69) is 0 Å². The second-order valence-electron chi connectivity index (χ2n) is 6.41. The number of likely N-dealkylation sites (tertiary alicyclic amines) is 1. The molecule has 0 spiro atoms. The first kappa shape index (κ1) is 16.8. The molecule has 0 radical (unpaired) electrons. The minimum atomic E-state index is -1.01. The molecule has 0 aliphatic carbocycles. The van der Waals surface area contributed by atoms with Gasteiger partial charge in [-0.2, -0.15) is 0 Å². The zero-order valence-electron chi connectivity index (χ0n) is 12.9. The fourth-order valence-corrected chi connectivity index (χ4v) is 2.16. The minimum absolute atomic E-state index is 0.0609. The van der Waals surface area contributed by atoms with Gasteiger partial charge in [0.25, 0.3) is 0 Å². The van der Waals surface area contributed by atoms with Crippen LogP contribution in [0, 0.1) is 0 Å². The maximum atomic E-state index is 12.2. The Hall–Kier alpha value is -1.30. The van der Waals surface area contributed by atoms with Crippen LogP contribution in [-0.2, 0) is 14.3 Å². The van der Waals surface area contributed by atoms with E-state index in [9.17, 15) is 14.7 Å². The number of nitrogens with zero attached hydrogens (tertiary/aromatic N) is 1. The Balaban J connectivity index is 2.87. The summed E-state index contributed by atoms with van der Waals surface area (Å²) in [6, 6.07) is -0.690. The molecule has 1 aliphatic rings. The molecule has 1 N–H and O–H groups in total. The van der Waals surface area contributed by atoms with Crippen molar-refractivity contribution in [2.24, 2.45) is 0 Å². The number of hydrogen-bond acceptors (Lipinski definition) is 5. The van der Waals surface area contributed by atoms with E-state index in [1.165, 1.54) is 4.90 Å². The molecule has 0 aromatic heterocycles. The van der Waals surface area contributed by atoms with Crippen molar-refractivity contribution in [2.75, 3.05) is 13.2 Å². The summed E-state index contributed by atoms with van der Waals surface area (Å²) in [5, 5.41) is 10.1. The highest BCUT2D eigenvalue weighted by molar-refractivity contribution is 5.82. The van der Waals surface area contributed by atoms with Gasteiger partial charge in [0, 0.05) is 0 Å². The number of hydrogen-bond donors (Lipinski definition) is 1. The van der Waals surface area contributed by atoms with Gasteiger partial charge in [0.2, 0.25) is 0 Å². The Labute approximate surface area is 120 Å². The predicted octanol–water partition coefficient (Wildman–Crippen LogP) is 1.70. The standard InChI is InChI=1S/C14H25NO5/c1-6-19-11(16)10-7-8-14(5,18)9-15(10)12(17)20-13(2,3)4/h10,18H,6-9H2,1-5H3/t10?,14-/m1/s1. The number of rotatable bonds is 2. The zero-order valence-corrected chi connectivity index (χ0v) is 12.9. The molecule has 6 heteroatoms. The summed E-state index contributed by atoms with van der Waals surface area (Å²) < 4.78 is 10.3. The first-order chi connectivity index (χ1) is 9.06. The van der Waals surface area contributed by atoms with Crippen molar-refractivity contribution in [3.8, 4) is 0 Å². The molecule has 1 heterocycles. The van der Waals surface area contributed by atoms with Crippen LogP contribution in [0.15, 0.2) is 0 Å². The van der Waals surface area contributed by atoms with Crippen molar-refractivity contribution in [3.05, 3.63) is 0 Å². The molecule has 0 bridgehead atoms. The number of aliphatic hydroxyl groups is 1. The summed E-state index contributed by atoms with van der Waals surface area (Å²) in [7, 11) is 0. The second kappa shape index (κ2) is 5.99. The molecule has 116 valence electrons. The van der Waals surface area contributed by atoms with E-state index < -0.39 is 29.3 Å². The Morgan fingerprint density at radius 1 is 1.40 bits per heavy atom. The van der Waals surface area contributed by atoms with Crippen LogP contribution in [0.5, 0.6) is 0 Å². The predicted molar refractivity (Wildman–Crippen MR) is 73.2 cm³/mol. The van der Waals surface area contributed by atoms with Gasteiger partial charge in [0.15, 0.2) is 0 Å². The largest absolute Gasteiger partial charge is 0.464 e. The van der Waals surface area contributed by atoms with E-state index in [4.69, 9.17) is 9.47 Å². The average Bonchev–Trinajstić information content (AvgIpc) is 2.25. The number of carbonyl (C=O) groups excluding carboxylic acids is 2. The third-order valence-electron chi connectivity index (χ3n) is 3.03. The van der Waals surface area contributed by atoms with Crippen LogP contribution < -0.4 is 0 Å². The molecular formula is C14H25NO5. The summed E-state index contributed by atoms with van der Waals surface area (Å²) in [6.45, 7) is 8.95. The monoisotopic (exact) mass is 287 g/mol. The first-order valence-corrected chi connectivity index (χ1v) is 6.94. The number of piperidine rings is 1. The van der Waals surface area contributed by atoms with Gasteiger partial charge in [-0.25, -0.2) is 9.59 Å². The summed E-state index contributed by atoms with van der Waals surface area (Å²) in [5.74, 6) is -0.450. The lowest BCUT2D eigenvalue weighted by Crippen LogP contribution is -2.57. The van der Waals surface area contributed by atoms with Gasteiger partial charge >= 0.3 is 12.1 Å². The minimum Gasteiger partial charge on any atom is -0.464 e. The summed E-state index contributed by atoms with van der Waals surface area (Å²) in [4.78, 5) is 25.4. The zero-order chi connectivity index (χ0) is 15.6. The van der Waals surface area contributed by atoms with Crippen LogP contribution in [-0.4, -0.2) is 52.5 Å². The van der Waals surface area contributed by atoms with Gasteiger partial charge in [-0.15, -0.1) is 0 Å². The van der Waals surface area contributed by atoms with Crippen molar-refractivity contribution >= 4 is 12.1 Å². The highest BCUT2D eigenvalue weighted by Crippen LogP contribution is 2.27. The number of esters is 1. The van der Waals surface area contributed by atoms with E-state index >= 15 is 0 Å². The number of β-amino-alcohol motifs (C(OH)–C–C–N with tert-alkyl or cyclic N) is 1. The Kier molecular flexibility index (Phi) is 5.02. The average molecular weight is 287 g/mol. The van der Waals surface area contributed by atoms with Crippen LogP contribution in [0.1, 0.15) is 47.5 Å². The molecular weight excluding hydrogens is 262 g/mol. The normalized spacial score (nSPS) is 27.1. The van der Waals surface area contributed by atoms with Crippen LogP contribution in [0.2, 0.25) is 0 Å². The maximum absolute atomic E-state index is 12.2. The molecule has 1 amide bonds. The van der Waals surface area contributed by atoms with E-state index in [-0.39, 0.29) is 13.2 Å². The fraction of sp³-hybridized carbons (Fsp3) is 0.857. The fourth-order valence-electron chi connectivity index (χ4n) is 2.16. The third-order valence-corrected chi connectivity index (χ3v) is 3.03. The summed E-state index contributed by atoms with van der Waals surface area (Å²) >= 11 is 0. The molecule has 1 fully saturated rings. The molecule has 1 rings (SSSR count). The molecule has 1 unspecified atom stereocenters. The van der Waals surface area contributed by atoms with Crippen molar-refractivity contribution in [3.63, 3.8) is 0 Å². The molecule has 0 aromatic rings. The van der Waals surface area contributed by atoms with Gasteiger partial charge in [-0.3, -0.25) is 4.90 Å². The smallest absolute Gasteiger partial charge is 0.411 e. The number of ether oxygens (including phenoxy) is 2. The van der Waals surface area contributed by atoms with E-state index in [1.807, 2.05) is 0 Å². The van der Waals surface area contributed by atoms with Gasteiger partial charge in [-0.05, 0) is 47.5 Å². The molecule has 6 nitrogen and oxygen atoms in total. The van der Waals surface area contributed by atoms with Gasteiger partial charge in [-0.1, -0.05) is 0 Å². The van der Waals surface area contributed by atoms with E-state index in [0.29, 0.717) is 12.8 Å². The SMILES string of the molecule is CCOC(=O)C1CC[C@@](C)(O)CN1C(=O)OC(C)(C)C. The van der Waals surface area contributed by atoms with Crippen molar-refractivity contribution in [2.45, 2.75) is 64.7 Å². The molecule has 2 atom stereocenters. The van der Waals surface area contributed by atoms with Gasteiger partial charge < -0.3 is 14.6 Å². The Bertz CT molecular complexity index is 372. The second-order valence-corrected chi connectivity index (χ2v) is 6.41. The molecule has 1 aliphatic heterocycles. The van der Waals surface area contributed by atoms with Crippen LogP contribution in [0.3, 0.4) is 0 Å². The molecule has 0 saturated carbocycles. The quantitative estimate of drug-likeness (QED) is 0.782. The van der Waals surface area contributed by atoms with Crippen molar-refractivity contribution < 1.29 is 24.2 Å². The Morgan fingerprint density at radius 2 is 2.00 bits per heavy atom. The van der Waals surface area contributed by atoms with Crippen molar-refractivity contribution in [1.29, 1.82) is 0 Å². The third kappa shape index (κ3) is 4.67. The van der Waals surface area contributed by atoms with E-state index in [1.54, 1.807) is 34.6 Å². The molecule has 1 saturated heterocycles. The maximum Gasteiger partial charge on any atom is 0.411 e. The lowest BCUT2D eigenvalue weighted by molar-refractivity contribution is -0.154. The van der Waals surface area contributed by atoms with E-state index in [0.717, 1.165) is 0 Å². The highest BCUT2D eigenvalue weighted by atomic mass is 16.6. The van der Waals surface area contributed by atoms with Gasteiger partial charge in [0.1, 0.15) is 11.6 Å². The lowest BCUT2D eigenvalue weighted by Gasteiger charge is -2.41. The van der Waals surface area contributed by atoms with Crippen LogP contribution in [0.25, 0.3) is 0 Å². The van der Waals surface area contributed by atoms with Crippen LogP contribution >= 0.6 is 0 Å². The number of carbonyl (C=O) groups is 2. The molecule has 20 heavy (non-hydrogen) atoms. The molecule has 0 aromatic carbocycles. The Morgan fingerprint density at radius 3 is 2.50 bits per heavy atom. The van der Waals surface area contributed by atoms with Gasteiger partial charge in [0.05, 0.1) is 18.8 Å². The topological polar surface area (TPSA) is 76.1 Å².